The number of carbonyl (C=O) groups excluding carboxylic acids is 1. The van der Waals surface area contributed by atoms with Gasteiger partial charge in [0, 0.05) is 28.0 Å². The molecule has 0 saturated carbocycles. The normalized spacial score (nSPS) is 12.3. The highest BCUT2D eigenvalue weighted by atomic mass is 32.1. The van der Waals surface area contributed by atoms with Crippen molar-refractivity contribution in [2.45, 2.75) is 32.9 Å². The molecular weight excluding hydrogens is 272 g/mol. The van der Waals surface area contributed by atoms with Gasteiger partial charge >= 0.3 is 5.97 Å². The topological polar surface area (TPSA) is 54.1 Å². The maximum Gasteiger partial charge on any atom is 0.354 e. The molecule has 0 aliphatic rings. The monoisotopic (exact) mass is 292 g/mol. The number of carbonyl (C=O) groups is 1. The van der Waals surface area contributed by atoms with Crippen molar-refractivity contribution < 1.29 is 9.53 Å². The molecule has 4 nitrogen and oxygen atoms in total. The highest BCUT2D eigenvalue weighted by Crippen LogP contribution is 2.16. The predicted molar refractivity (Wildman–Crippen MR) is 81.2 cm³/mol. The molecule has 0 amide bonds. The molecule has 0 saturated heterocycles. The summed E-state index contributed by atoms with van der Waals surface area (Å²) in [6, 6.07) is 8.37. The van der Waals surface area contributed by atoms with Crippen molar-refractivity contribution in [1.82, 2.24) is 10.3 Å². The molecule has 1 atom stereocenters. The summed E-state index contributed by atoms with van der Waals surface area (Å²) in [5.74, 6) is -0.335. The van der Waals surface area contributed by atoms with Gasteiger partial charge in [-0.25, -0.2) is 4.79 Å². The van der Waals surface area contributed by atoms with Crippen molar-refractivity contribution in [2.75, 3.05) is 7.11 Å². The van der Waals surface area contributed by atoms with Crippen LogP contribution in [0.5, 0.6) is 0 Å². The van der Waals surface area contributed by atoms with Crippen LogP contribution in [-0.2, 0) is 17.7 Å². The molecule has 108 valence electrons. The Kier molecular flexibility index (Phi) is 4.98. The average molecular weight is 292 g/mol. The molecule has 2 heterocycles. The van der Waals surface area contributed by atoms with E-state index in [1.807, 2.05) is 17.4 Å². The van der Waals surface area contributed by atoms with Gasteiger partial charge in [-0.05, 0) is 44.5 Å². The molecule has 2 rings (SSSR count). The Hall–Kier alpha value is -1.59. The Morgan fingerprint density at radius 3 is 2.85 bits per heavy atom. The van der Waals surface area contributed by atoms with Crippen LogP contribution < -0.4 is 5.32 Å². The molecular formula is C15H20N2O2S. The number of methoxy groups -OCH3 is 1. The molecule has 2 aromatic rings. The zero-order valence-electron chi connectivity index (χ0n) is 12.0. The summed E-state index contributed by atoms with van der Waals surface area (Å²) in [7, 11) is 1.38. The van der Waals surface area contributed by atoms with Gasteiger partial charge in [0.15, 0.2) is 0 Å². The Morgan fingerprint density at radius 1 is 1.40 bits per heavy atom. The van der Waals surface area contributed by atoms with E-state index in [1.165, 1.54) is 16.9 Å². The van der Waals surface area contributed by atoms with Gasteiger partial charge in [-0.1, -0.05) is 0 Å². The van der Waals surface area contributed by atoms with Crippen LogP contribution in [0.1, 0.15) is 32.9 Å². The first-order valence-electron chi connectivity index (χ1n) is 6.63. The number of rotatable bonds is 6. The number of aromatic amines is 1. The minimum atomic E-state index is -0.335. The largest absolute Gasteiger partial charge is 0.464 e. The first-order chi connectivity index (χ1) is 9.58. The van der Waals surface area contributed by atoms with E-state index in [1.54, 1.807) is 6.07 Å². The number of nitrogens with one attached hydrogen (secondary N) is 2. The number of aryl methyl sites for hydroxylation is 1. The molecule has 0 aromatic carbocycles. The van der Waals surface area contributed by atoms with Crippen LogP contribution in [-0.4, -0.2) is 24.1 Å². The average Bonchev–Trinajstić information content (AvgIpc) is 3.05. The second-order valence-corrected chi connectivity index (χ2v) is 6.26. The molecule has 0 spiro atoms. The summed E-state index contributed by atoms with van der Waals surface area (Å²) in [6.45, 7) is 5.00. The highest BCUT2D eigenvalue weighted by molar-refractivity contribution is 7.11. The van der Waals surface area contributed by atoms with Gasteiger partial charge in [-0.15, -0.1) is 11.3 Å². The number of H-pyrrole nitrogens is 1. The van der Waals surface area contributed by atoms with E-state index in [0.717, 1.165) is 12.1 Å². The lowest BCUT2D eigenvalue weighted by atomic mass is 10.2. The Labute approximate surface area is 123 Å². The van der Waals surface area contributed by atoms with Crippen LogP contribution in [0.15, 0.2) is 24.3 Å². The third-order valence-corrected chi connectivity index (χ3v) is 4.12. The minimum Gasteiger partial charge on any atom is -0.464 e. The standard InChI is InChI=1S/C15H20N2O2S/c1-10(8-13-6-4-11(2)20-13)16-9-12-5-7-14(17-12)15(18)19-3/h4-7,10,16-17H,8-9H2,1-3H3. The van der Waals surface area contributed by atoms with Gasteiger partial charge in [0.25, 0.3) is 0 Å². The van der Waals surface area contributed by atoms with Crippen molar-refractivity contribution in [3.05, 3.63) is 45.4 Å². The first-order valence-corrected chi connectivity index (χ1v) is 7.45. The van der Waals surface area contributed by atoms with E-state index in [2.05, 4.69) is 41.0 Å². The molecule has 5 heteroatoms. The number of aromatic nitrogens is 1. The molecule has 0 aliphatic carbocycles. The number of hydrogen-bond acceptors (Lipinski definition) is 4. The van der Waals surface area contributed by atoms with E-state index in [0.29, 0.717) is 18.3 Å². The number of esters is 1. The Balaban J connectivity index is 1.82. The molecule has 0 fully saturated rings. The Morgan fingerprint density at radius 2 is 2.20 bits per heavy atom. The number of thiophene rings is 1. The fraction of sp³-hybridized carbons (Fsp3) is 0.400. The highest BCUT2D eigenvalue weighted by Gasteiger charge is 2.09. The SMILES string of the molecule is COC(=O)c1ccc(CNC(C)Cc2ccc(C)s2)[nH]1. The van der Waals surface area contributed by atoms with E-state index in [9.17, 15) is 4.79 Å². The van der Waals surface area contributed by atoms with E-state index in [4.69, 9.17) is 0 Å². The maximum atomic E-state index is 11.3. The van der Waals surface area contributed by atoms with Gasteiger partial charge in [0.1, 0.15) is 5.69 Å². The van der Waals surface area contributed by atoms with E-state index < -0.39 is 0 Å². The van der Waals surface area contributed by atoms with Crippen molar-refractivity contribution in [2.24, 2.45) is 0 Å². The van der Waals surface area contributed by atoms with Crippen molar-refractivity contribution >= 4 is 17.3 Å². The van der Waals surface area contributed by atoms with Crippen molar-refractivity contribution in [1.29, 1.82) is 0 Å². The summed E-state index contributed by atoms with van der Waals surface area (Å²) in [5.41, 5.74) is 1.48. The van der Waals surface area contributed by atoms with Gasteiger partial charge in [-0.3, -0.25) is 0 Å². The summed E-state index contributed by atoms with van der Waals surface area (Å²) in [4.78, 5) is 17.1. The van der Waals surface area contributed by atoms with E-state index in [-0.39, 0.29) is 5.97 Å². The first kappa shape index (κ1) is 14.8. The van der Waals surface area contributed by atoms with Gasteiger partial charge < -0.3 is 15.0 Å². The Bertz CT molecular complexity index is 574. The summed E-state index contributed by atoms with van der Waals surface area (Å²) < 4.78 is 4.67. The molecule has 0 bridgehead atoms. The summed E-state index contributed by atoms with van der Waals surface area (Å²) in [5, 5.41) is 3.45. The van der Waals surface area contributed by atoms with E-state index >= 15 is 0 Å². The van der Waals surface area contributed by atoms with Crippen molar-refractivity contribution in [3.63, 3.8) is 0 Å². The molecule has 0 aliphatic heterocycles. The predicted octanol–water partition coefficient (Wildman–Crippen LogP) is 2.89. The summed E-state index contributed by atoms with van der Waals surface area (Å²) >= 11 is 1.84. The smallest absolute Gasteiger partial charge is 0.354 e. The maximum absolute atomic E-state index is 11.3. The fourth-order valence-corrected chi connectivity index (χ4v) is 3.04. The van der Waals surface area contributed by atoms with Gasteiger partial charge in [-0.2, -0.15) is 0 Å². The molecule has 2 N–H and O–H groups in total. The van der Waals surface area contributed by atoms with Crippen LogP contribution in [0, 0.1) is 6.92 Å². The fourth-order valence-electron chi connectivity index (χ4n) is 2.03. The summed E-state index contributed by atoms with van der Waals surface area (Å²) in [6.07, 6.45) is 1.02. The molecule has 20 heavy (non-hydrogen) atoms. The van der Waals surface area contributed by atoms with Crippen LogP contribution in [0.3, 0.4) is 0 Å². The van der Waals surface area contributed by atoms with Crippen molar-refractivity contribution in [3.8, 4) is 0 Å². The van der Waals surface area contributed by atoms with Gasteiger partial charge in [0.05, 0.1) is 7.11 Å². The lowest BCUT2D eigenvalue weighted by molar-refractivity contribution is 0.0594. The zero-order valence-corrected chi connectivity index (χ0v) is 12.8. The third kappa shape index (κ3) is 3.95. The zero-order chi connectivity index (χ0) is 14.5. The van der Waals surface area contributed by atoms with Crippen LogP contribution in [0.4, 0.5) is 0 Å². The molecule has 0 radical (unpaired) electrons. The lowest BCUT2D eigenvalue weighted by Crippen LogP contribution is -2.27. The van der Waals surface area contributed by atoms with Gasteiger partial charge in [0.2, 0.25) is 0 Å². The molecule has 2 aromatic heterocycles. The van der Waals surface area contributed by atoms with Crippen LogP contribution in [0.2, 0.25) is 0 Å². The number of ether oxygens (including phenoxy) is 1. The lowest BCUT2D eigenvalue weighted by Gasteiger charge is -2.12. The third-order valence-electron chi connectivity index (χ3n) is 3.10. The molecule has 1 unspecified atom stereocenters. The van der Waals surface area contributed by atoms with Crippen LogP contribution >= 0.6 is 11.3 Å². The second-order valence-electron chi connectivity index (χ2n) is 4.89. The second kappa shape index (κ2) is 6.72. The quantitative estimate of drug-likeness (QED) is 0.805. The minimum absolute atomic E-state index is 0.335. The number of hydrogen-bond donors (Lipinski definition) is 2. The van der Waals surface area contributed by atoms with Crippen LogP contribution in [0.25, 0.3) is 0 Å².